The van der Waals surface area contributed by atoms with Crippen molar-refractivity contribution >= 4 is 29.4 Å². The number of para-hydroxylation sites is 2. The minimum Gasteiger partial charge on any atom is -0.454 e. The summed E-state index contributed by atoms with van der Waals surface area (Å²) in [5.41, 5.74) is 3.27. The van der Waals surface area contributed by atoms with E-state index >= 15 is 0 Å². The monoisotopic (exact) mass is 414 g/mol. The number of benzene rings is 2. The van der Waals surface area contributed by atoms with Gasteiger partial charge in [-0.15, -0.1) is 0 Å². The summed E-state index contributed by atoms with van der Waals surface area (Å²) >= 11 is 5.30. The van der Waals surface area contributed by atoms with Gasteiger partial charge in [-0.25, -0.2) is 4.68 Å². The Morgan fingerprint density at radius 1 is 1.13 bits per heavy atom. The fraction of sp³-hybridized carbons (Fsp3) is 0.0909. The summed E-state index contributed by atoms with van der Waals surface area (Å²) < 4.78 is 9.96. The molecule has 0 bridgehead atoms. The molecule has 0 saturated carbocycles. The number of aromatic nitrogens is 5. The minimum absolute atomic E-state index is 0.448. The predicted octanol–water partition coefficient (Wildman–Crippen LogP) is 4.98. The van der Waals surface area contributed by atoms with Crippen LogP contribution in [0.25, 0.3) is 28.1 Å². The minimum atomic E-state index is 0.448. The summed E-state index contributed by atoms with van der Waals surface area (Å²) in [6.07, 6.45) is 4.38. The lowest BCUT2D eigenvalue weighted by Gasteiger charge is -1.98. The van der Waals surface area contributed by atoms with Gasteiger partial charge in [0.2, 0.25) is 4.77 Å². The van der Waals surface area contributed by atoms with Crippen molar-refractivity contribution in [3.8, 4) is 17.1 Å². The third-order valence-electron chi connectivity index (χ3n) is 4.77. The van der Waals surface area contributed by atoms with Gasteiger partial charge in [0.05, 0.1) is 11.9 Å². The summed E-state index contributed by atoms with van der Waals surface area (Å²) in [5, 5.41) is 17.3. The molecular weight excluding hydrogens is 396 g/mol. The second-order valence-corrected chi connectivity index (χ2v) is 7.10. The van der Waals surface area contributed by atoms with Crippen molar-refractivity contribution in [2.45, 2.75) is 13.3 Å². The Morgan fingerprint density at radius 2 is 1.93 bits per heavy atom. The topological polar surface area (TPSA) is 76.9 Å². The number of nitrogens with zero attached hydrogens (tertiary/aromatic N) is 5. The van der Waals surface area contributed by atoms with Crippen LogP contribution in [0, 0.1) is 4.77 Å². The van der Waals surface area contributed by atoms with Crippen LogP contribution >= 0.6 is 12.2 Å². The normalized spacial score (nSPS) is 11.6. The summed E-state index contributed by atoms with van der Waals surface area (Å²) in [6, 6.07) is 19.8. The Morgan fingerprint density at radius 3 is 2.73 bits per heavy atom. The highest BCUT2D eigenvalue weighted by Crippen LogP contribution is 2.29. The summed E-state index contributed by atoms with van der Waals surface area (Å²) in [7, 11) is 0. The molecule has 30 heavy (non-hydrogen) atoms. The third-order valence-corrected chi connectivity index (χ3v) is 5.03. The second-order valence-electron chi connectivity index (χ2n) is 6.72. The first-order valence-corrected chi connectivity index (χ1v) is 9.98. The van der Waals surface area contributed by atoms with Gasteiger partial charge in [-0.1, -0.05) is 43.3 Å². The van der Waals surface area contributed by atoms with Gasteiger partial charge in [-0.05, 0) is 36.5 Å². The number of rotatable bonds is 5. The lowest BCUT2D eigenvalue weighted by atomic mass is 10.2. The van der Waals surface area contributed by atoms with Gasteiger partial charge in [0.25, 0.3) is 0 Å². The van der Waals surface area contributed by atoms with Gasteiger partial charge in [0, 0.05) is 23.6 Å². The van der Waals surface area contributed by atoms with Gasteiger partial charge >= 0.3 is 0 Å². The zero-order chi connectivity index (χ0) is 20.5. The van der Waals surface area contributed by atoms with Crippen molar-refractivity contribution in [1.29, 1.82) is 0 Å². The fourth-order valence-corrected chi connectivity index (χ4v) is 3.48. The first kappa shape index (κ1) is 18.3. The molecule has 0 spiro atoms. The molecule has 0 aliphatic rings. The summed E-state index contributed by atoms with van der Waals surface area (Å²) in [5.74, 6) is 1.44. The number of aryl methyl sites for hydroxylation is 1. The van der Waals surface area contributed by atoms with Crippen LogP contribution in [-0.4, -0.2) is 30.9 Å². The molecule has 3 aromatic heterocycles. The Labute approximate surface area is 177 Å². The van der Waals surface area contributed by atoms with Gasteiger partial charge in [0.15, 0.2) is 11.6 Å². The van der Waals surface area contributed by atoms with Crippen LogP contribution in [-0.2, 0) is 6.42 Å². The van der Waals surface area contributed by atoms with Crippen LogP contribution in [0.3, 0.4) is 0 Å². The maximum absolute atomic E-state index is 6.07. The average molecular weight is 414 g/mol. The molecule has 1 N–H and O–H groups in total. The molecule has 5 rings (SSSR count). The number of furan rings is 1. The molecule has 0 amide bonds. The van der Waals surface area contributed by atoms with Gasteiger partial charge in [-0.3, -0.25) is 5.10 Å². The molecule has 0 fully saturated rings. The molecule has 0 unspecified atom stereocenters. The molecule has 2 aromatic carbocycles. The molecule has 148 valence electrons. The fourth-order valence-electron chi connectivity index (χ4n) is 3.28. The molecule has 0 atom stereocenters. The third kappa shape index (κ3) is 3.27. The van der Waals surface area contributed by atoms with Crippen LogP contribution in [0.5, 0.6) is 0 Å². The second kappa shape index (κ2) is 7.57. The maximum Gasteiger partial charge on any atom is 0.216 e. The lowest BCUT2D eigenvalue weighted by Crippen LogP contribution is -1.97. The quantitative estimate of drug-likeness (QED) is 0.325. The zero-order valence-corrected chi connectivity index (χ0v) is 17.0. The van der Waals surface area contributed by atoms with E-state index in [1.54, 1.807) is 10.9 Å². The van der Waals surface area contributed by atoms with Crippen molar-refractivity contribution in [2.24, 2.45) is 5.10 Å². The van der Waals surface area contributed by atoms with Crippen molar-refractivity contribution in [3.63, 3.8) is 0 Å². The van der Waals surface area contributed by atoms with Crippen LogP contribution in [0.1, 0.15) is 18.3 Å². The number of H-pyrrole nitrogens is 1. The smallest absolute Gasteiger partial charge is 0.216 e. The van der Waals surface area contributed by atoms with E-state index in [9.17, 15) is 0 Å². The Bertz CT molecular complexity index is 1370. The van der Waals surface area contributed by atoms with Crippen molar-refractivity contribution < 1.29 is 4.42 Å². The van der Waals surface area contributed by atoms with Crippen LogP contribution in [0.15, 0.2) is 76.4 Å². The largest absolute Gasteiger partial charge is 0.454 e. The zero-order valence-electron chi connectivity index (χ0n) is 16.2. The molecule has 5 aromatic rings. The lowest BCUT2D eigenvalue weighted by molar-refractivity contribution is 0.627. The molecule has 7 nitrogen and oxygen atoms in total. The number of fused-ring (bicyclic) bond motifs is 1. The van der Waals surface area contributed by atoms with Crippen molar-refractivity contribution in [1.82, 2.24) is 24.7 Å². The number of nitrogens with one attached hydrogen (secondary N) is 1. The highest BCUT2D eigenvalue weighted by Gasteiger charge is 2.16. The maximum atomic E-state index is 6.07. The molecular formula is C22H18N6OS. The standard InChI is InChI=1S/C22H18N6OS/c1-2-20-24-25-22(30)28(20)23-13-16-14-27(17-9-4-3-5-10-17)26-21(16)19-12-15-8-6-7-11-18(15)29-19/h3-14H,2H2,1H3,(H,25,30)/b23-13+. The number of hydrogen-bond donors (Lipinski definition) is 1. The van der Waals surface area contributed by atoms with Crippen molar-refractivity contribution in [2.75, 3.05) is 0 Å². The van der Waals surface area contributed by atoms with E-state index in [1.165, 1.54) is 0 Å². The Balaban J connectivity index is 1.64. The van der Waals surface area contributed by atoms with E-state index in [0.717, 1.165) is 28.0 Å². The van der Waals surface area contributed by atoms with Crippen molar-refractivity contribution in [3.05, 3.63) is 83.0 Å². The van der Waals surface area contributed by atoms with E-state index in [2.05, 4.69) is 15.3 Å². The molecule has 0 aliphatic heterocycles. The predicted molar refractivity (Wildman–Crippen MR) is 119 cm³/mol. The summed E-state index contributed by atoms with van der Waals surface area (Å²) in [6.45, 7) is 2.00. The van der Waals surface area contributed by atoms with E-state index in [4.69, 9.17) is 21.7 Å². The van der Waals surface area contributed by atoms with Crippen LogP contribution < -0.4 is 0 Å². The Hall–Kier alpha value is -3.78. The molecule has 0 aliphatic carbocycles. The molecule has 0 saturated heterocycles. The summed E-state index contributed by atoms with van der Waals surface area (Å²) in [4.78, 5) is 0. The first-order valence-electron chi connectivity index (χ1n) is 9.57. The highest BCUT2D eigenvalue weighted by molar-refractivity contribution is 7.71. The van der Waals surface area contributed by atoms with Crippen LogP contribution in [0.2, 0.25) is 0 Å². The van der Waals surface area contributed by atoms with Gasteiger partial charge in [0.1, 0.15) is 11.3 Å². The van der Waals surface area contributed by atoms with Gasteiger partial charge < -0.3 is 4.42 Å². The SMILES string of the molecule is CCc1n[nH]c(=S)n1/N=C/c1cn(-c2ccccc2)nc1-c1cc2ccccc2o1. The number of aromatic amines is 1. The van der Waals surface area contributed by atoms with E-state index in [-0.39, 0.29) is 0 Å². The Kier molecular flexibility index (Phi) is 4.61. The first-order chi connectivity index (χ1) is 14.7. The number of hydrogen-bond acceptors (Lipinski definition) is 5. The average Bonchev–Trinajstić information content (AvgIpc) is 3.49. The van der Waals surface area contributed by atoms with E-state index in [0.29, 0.717) is 22.6 Å². The highest BCUT2D eigenvalue weighted by atomic mass is 32.1. The van der Waals surface area contributed by atoms with E-state index in [1.807, 2.05) is 78.5 Å². The van der Waals surface area contributed by atoms with E-state index < -0.39 is 0 Å². The molecule has 3 heterocycles. The molecule has 0 radical (unpaired) electrons. The molecule has 8 heteroatoms. The van der Waals surface area contributed by atoms with Gasteiger partial charge in [-0.2, -0.15) is 20.0 Å². The van der Waals surface area contributed by atoms with Crippen LogP contribution in [0.4, 0.5) is 0 Å².